The molecule has 4 rings (SSSR count). The third-order valence-corrected chi connectivity index (χ3v) is 3.51. The van der Waals surface area contributed by atoms with E-state index in [9.17, 15) is 5.11 Å². The Bertz CT molecular complexity index is 919. The molecule has 1 heterocycles. The van der Waals surface area contributed by atoms with Crippen molar-refractivity contribution in [2.24, 2.45) is 0 Å². The molecule has 20 heavy (non-hydrogen) atoms. The van der Waals surface area contributed by atoms with Gasteiger partial charge in [0.25, 0.3) is 0 Å². The number of hydrogen-bond acceptors (Lipinski definition) is 2. The van der Waals surface area contributed by atoms with Gasteiger partial charge in [-0.1, -0.05) is 42.5 Å². The Balaban J connectivity index is 2.01. The van der Waals surface area contributed by atoms with Crippen LogP contribution in [-0.2, 0) is 0 Å². The van der Waals surface area contributed by atoms with Crippen LogP contribution in [0, 0.1) is 0 Å². The van der Waals surface area contributed by atoms with Crippen LogP contribution in [0.5, 0.6) is 5.75 Å². The lowest BCUT2D eigenvalue weighted by atomic mass is 10.0. The summed E-state index contributed by atoms with van der Waals surface area (Å²) in [5.41, 5.74) is 2.76. The van der Waals surface area contributed by atoms with E-state index < -0.39 is 0 Å². The quantitative estimate of drug-likeness (QED) is 0.541. The van der Waals surface area contributed by atoms with Gasteiger partial charge < -0.3 is 10.1 Å². The molecule has 0 saturated carbocycles. The zero-order chi connectivity index (χ0) is 13.5. The van der Waals surface area contributed by atoms with E-state index in [1.165, 1.54) is 10.8 Å². The van der Waals surface area contributed by atoms with Gasteiger partial charge in [-0.25, -0.2) is 4.98 Å². The lowest BCUT2D eigenvalue weighted by molar-refractivity contribution is 0.476. The Morgan fingerprint density at radius 2 is 1.75 bits per heavy atom. The van der Waals surface area contributed by atoms with Crippen molar-refractivity contribution in [1.82, 2.24) is 9.97 Å². The molecule has 3 aromatic carbocycles. The first-order chi connectivity index (χ1) is 9.81. The molecule has 0 aliphatic rings. The second-order valence-corrected chi connectivity index (χ2v) is 4.81. The molecule has 0 radical (unpaired) electrons. The van der Waals surface area contributed by atoms with Crippen molar-refractivity contribution in [2.75, 3.05) is 0 Å². The second-order valence-electron chi connectivity index (χ2n) is 4.81. The highest BCUT2D eigenvalue weighted by Gasteiger charge is 2.08. The average Bonchev–Trinajstić information content (AvgIpc) is 2.89. The number of aromatic hydroxyl groups is 1. The van der Waals surface area contributed by atoms with Gasteiger partial charge in [-0.3, -0.25) is 0 Å². The highest BCUT2D eigenvalue weighted by atomic mass is 16.3. The van der Waals surface area contributed by atoms with Crippen LogP contribution in [-0.4, -0.2) is 15.1 Å². The Labute approximate surface area is 115 Å². The Morgan fingerprint density at radius 1 is 0.900 bits per heavy atom. The van der Waals surface area contributed by atoms with Crippen molar-refractivity contribution in [3.05, 3.63) is 60.7 Å². The number of imidazole rings is 1. The van der Waals surface area contributed by atoms with Crippen molar-refractivity contribution < 1.29 is 5.11 Å². The predicted molar refractivity (Wildman–Crippen MR) is 80.7 cm³/mol. The summed E-state index contributed by atoms with van der Waals surface area (Å²) < 4.78 is 0. The van der Waals surface area contributed by atoms with Crippen molar-refractivity contribution in [1.29, 1.82) is 0 Å². The molecule has 96 valence electrons. The largest absolute Gasteiger partial charge is 0.508 e. The summed E-state index contributed by atoms with van der Waals surface area (Å²) in [4.78, 5) is 7.88. The monoisotopic (exact) mass is 260 g/mol. The molecule has 0 fully saturated rings. The third kappa shape index (κ3) is 1.64. The van der Waals surface area contributed by atoms with Crippen LogP contribution in [0.3, 0.4) is 0 Å². The molecule has 0 atom stereocenters. The number of phenolic OH excluding ortho intramolecular Hbond substituents is 1. The number of nitrogens with one attached hydrogen (secondary N) is 1. The smallest absolute Gasteiger partial charge is 0.139 e. The van der Waals surface area contributed by atoms with Gasteiger partial charge in [0.05, 0.1) is 11.0 Å². The minimum Gasteiger partial charge on any atom is -0.508 e. The molecular formula is C17H12N2O. The van der Waals surface area contributed by atoms with Crippen molar-refractivity contribution in [2.45, 2.75) is 0 Å². The van der Waals surface area contributed by atoms with Gasteiger partial charge in [-0.05, 0) is 22.9 Å². The van der Waals surface area contributed by atoms with E-state index in [-0.39, 0.29) is 5.75 Å². The van der Waals surface area contributed by atoms with Crippen LogP contribution < -0.4 is 0 Å². The molecule has 0 unspecified atom stereocenters. The average molecular weight is 260 g/mol. The number of aromatic amines is 1. The maximum atomic E-state index is 9.53. The van der Waals surface area contributed by atoms with Gasteiger partial charge in [0, 0.05) is 11.6 Å². The van der Waals surface area contributed by atoms with E-state index in [4.69, 9.17) is 0 Å². The van der Waals surface area contributed by atoms with Gasteiger partial charge in [0.15, 0.2) is 0 Å². The Kier molecular flexibility index (Phi) is 2.27. The summed E-state index contributed by atoms with van der Waals surface area (Å²) >= 11 is 0. The van der Waals surface area contributed by atoms with Crippen molar-refractivity contribution in [3.63, 3.8) is 0 Å². The third-order valence-electron chi connectivity index (χ3n) is 3.51. The number of fused-ring (bicyclic) bond motifs is 2. The van der Waals surface area contributed by atoms with Gasteiger partial charge in [0.1, 0.15) is 11.6 Å². The van der Waals surface area contributed by atoms with Gasteiger partial charge in [-0.15, -0.1) is 0 Å². The fraction of sp³-hybridized carbons (Fsp3) is 0. The predicted octanol–water partition coefficient (Wildman–Crippen LogP) is 4.09. The molecule has 0 aliphatic carbocycles. The lowest BCUT2D eigenvalue weighted by Crippen LogP contribution is -1.82. The minimum absolute atomic E-state index is 0.241. The summed E-state index contributed by atoms with van der Waals surface area (Å²) in [6, 6.07) is 19.6. The molecule has 3 heteroatoms. The SMILES string of the molecule is Oc1ccc2nc(-c3cccc4ccccc34)[nH]c2c1. The fourth-order valence-corrected chi connectivity index (χ4v) is 2.56. The van der Waals surface area contributed by atoms with E-state index in [1.54, 1.807) is 12.1 Å². The molecule has 0 amide bonds. The summed E-state index contributed by atoms with van der Waals surface area (Å²) in [5.74, 6) is 1.06. The van der Waals surface area contributed by atoms with Crippen LogP contribution in [0.4, 0.5) is 0 Å². The van der Waals surface area contributed by atoms with Crippen LogP contribution in [0.15, 0.2) is 60.7 Å². The molecule has 4 aromatic rings. The molecule has 0 aliphatic heterocycles. The summed E-state index contributed by atoms with van der Waals surface area (Å²) in [7, 11) is 0. The zero-order valence-electron chi connectivity index (χ0n) is 10.7. The number of rotatable bonds is 1. The van der Waals surface area contributed by atoms with E-state index >= 15 is 0 Å². The maximum Gasteiger partial charge on any atom is 0.139 e. The van der Waals surface area contributed by atoms with E-state index in [2.05, 4.69) is 34.2 Å². The van der Waals surface area contributed by atoms with Gasteiger partial charge >= 0.3 is 0 Å². The first-order valence-electron chi connectivity index (χ1n) is 6.48. The molecule has 3 nitrogen and oxygen atoms in total. The van der Waals surface area contributed by atoms with Crippen molar-refractivity contribution >= 4 is 21.8 Å². The standard InChI is InChI=1S/C17H12N2O/c20-12-8-9-15-16(10-12)19-17(18-15)14-7-3-5-11-4-1-2-6-13(11)14/h1-10,20H,(H,18,19). The first-order valence-corrected chi connectivity index (χ1v) is 6.48. The number of hydrogen-bond donors (Lipinski definition) is 2. The number of H-pyrrole nitrogens is 1. The number of phenols is 1. The Hall–Kier alpha value is -2.81. The zero-order valence-corrected chi connectivity index (χ0v) is 10.7. The summed E-state index contributed by atoms with van der Waals surface area (Å²) in [6.45, 7) is 0. The minimum atomic E-state index is 0.241. The van der Waals surface area contributed by atoms with Gasteiger partial charge in [-0.2, -0.15) is 0 Å². The van der Waals surface area contributed by atoms with Crippen LogP contribution in [0.2, 0.25) is 0 Å². The molecule has 0 bridgehead atoms. The highest BCUT2D eigenvalue weighted by molar-refractivity contribution is 5.96. The maximum absolute atomic E-state index is 9.53. The molecule has 2 N–H and O–H groups in total. The topological polar surface area (TPSA) is 48.9 Å². The van der Waals surface area contributed by atoms with Crippen LogP contribution >= 0.6 is 0 Å². The van der Waals surface area contributed by atoms with Gasteiger partial charge in [0.2, 0.25) is 0 Å². The summed E-state index contributed by atoms with van der Waals surface area (Å²) in [6.07, 6.45) is 0. The molecule has 0 saturated heterocycles. The second kappa shape index (κ2) is 4.10. The van der Waals surface area contributed by atoms with E-state index in [0.29, 0.717) is 0 Å². The Morgan fingerprint density at radius 3 is 2.70 bits per heavy atom. The molecular weight excluding hydrogens is 248 g/mol. The van der Waals surface area contributed by atoms with Crippen molar-refractivity contribution in [3.8, 4) is 17.1 Å². The number of nitrogens with zero attached hydrogens (tertiary/aromatic N) is 1. The number of benzene rings is 3. The first kappa shape index (κ1) is 11.1. The van der Waals surface area contributed by atoms with E-state index in [1.807, 2.05) is 24.3 Å². The van der Waals surface area contributed by atoms with Crippen LogP contribution in [0.1, 0.15) is 0 Å². The van der Waals surface area contributed by atoms with Crippen LogP contribution in [0.25, 0.3) is 33.2 Å². The lowest BCUT2D eigenvalue weighted by Gasteiger charge is -2.03. The fourth-order valence-electron chi connectivity index (χ4n) is 2.56. The summed E-state index contributed by atoms with van der Waals surface area (Å²) in [5, 5.41) is 11.9. The highest BCUT2D eigenvalue weighted by Crippen LogP contribution is 2.28. The molecule has 1 aromatic heterocycles. The number of aromatic nitrogens is 2. The molecule has 0 spiro atoms. The van der Waals surface area contributed by atoms with E-state index in [0.717, 1.165) is 22.4 Å². The normalized spacial score (nSPS) is 11.2.